The van der Waals surface area contributed by atoms with Gasteiger partial charge in [0.2, 0.25) is 5.78 Å². The minimum Gasteiger partial charge on any atom is -0.451 e. The summed E-state index contributed by atoms with van der Waals surface area (Å²) in [6.45, 7) is 1.36. The van der Waals surface area contributed by atoms with E-state index in [1.54, 1.807) is 0 Å². The fourth-order valence-corrected chi connectivity index (χ4v) is 1.96. The summed E-state index contributed by atoms with van der Waals surface area (Å²) in [5.41, 5.74) is 5.01. The molecule has 0 unspecified atom stereocenters. The summed E-state index contributed by atoms with van der Waals surface area (Å²) in [6, 6.07) is 8.23. The number of carbonyl (C=O) groups excluding carboxylic acids is 2. The van der Waals surface area contributed by atoms with Crippen LogP contribution in [-0.2, 0) is 4.74 Å². The number of nitrogens with two attached hydrogens (primary N) is 1. The third-order valence-electron chi connectivity index (χ3n) is 3.24. The lowest BCUT2D eigenvalue weighted by atomic mass is 10.1. The molecular weight excluding hydrogens is 319 g/mol. The van der Waals surface area contributed by atoms with Crippen molar-refractivity contribution < 1.29 is 23.6 Å². The molecule has 0 aliphatic heterocycles. The first kappa shape index (κ1) is 17.1. The van der Waals surface area contributed by atoms with E-state index >= 15 is 0 Å². The zero-order valence-electron chi connectivity index (χ0n) is 12.6. The smallest absolute Gasteiger partial charge is 0.339 e. The molecule has 1 atom stereocenters. The van der Waals surface area contributed by atoms with Crippen LogP contribution < -0.4 is 5.73 Å². The highest BCUT2D eigenvalue weighted by atomic mass is 19.1. The Labute approximate surface area is 136 Å². The van der Waals surface area contributed by atoms with Crippen molar-refractivity contribution in [3.8, 4) is 0 Å². The maximum absolute atomic E-state index is 12.9. The quantitative estimate of drug-likeness (QED) is 0.296. The van der Waals surface area contributed by atoms with Gasteiger partial charge in [0.05, 0.1) is 10.5 Å². The van der Waals surface area contributed by atoms with Gasteiger partial charge in [-0.1, -0.05) is 0 Å². The molecule has 0 spiro atoms. The van der Waals surface area contributed by atoms with Crippen molar-refractivity contribution in [2.45, 2.75) is 13.0 Å². The number of esters is 1. The number of Topliss-reactive ketones (excluding diaryl/α,β-unsaturated/α-hetero) is 1. The summed E-state index contributed by atoms with van der Waals surface area (Å²) in [7, 11) is 0. The average Bonchev–Trinajstić information content (AvgIpc) is 2.54. The summed E-state index contributed by atoms with van der Waals surface area (Å²) in [6.07, 6.45) is -1.14. The average molecular weight is 332 g/mol. The van der Waals surface area contributed by atoms with E-state index in [0.717, 1.165) is 18.2 Å². The molecule has 2 N–H and O–H groups in total. The molecule has 2 aromatic carbocycles. The molecule has 7 nitrogen and oxygen atoms in total. The van der Waals surface area contributed by atoms with E-state index in [-0.39, 0.29) is 16.8 Å². The minimum absolute atomic E-state index is 0.0908. The van der Waals surface area contributed by atoms with E-state index in [4.69, 9.17) is 10.5 Å². The summed E-state index contributed by atoms with van der Waals surface area (Å²) < 4.78 is 17.9. The minimum atomic E-state index is -1.14. The molecule has 0 saturated carbocycles. The molecule has 0 fully saturated rings. The molecule has 0 heterocycles. The number of nitro groups is 1. The Balaban J connectivity index is 2.14. The maximum atomic E-state index is 12.9. The highest BCUT2D eigenvalue weighted by molar-refractivity contribution is 6.01. The van der Waals surface area contributed by atoms with Crippen molar-refractivity contribution >= 4 is 23.1 Å². The molecule has 2 rings (SSSR count). The number of ether oxygens (including phenoxy) is 1. The number of anilines is 1. The standard InChI is InChI=1S/C16H13FN2O5/c1-9(15(20)10-2-5-12(17)6-3-10)24-16(21)11-4-7-13(18)14(8-11)19(22)23/h2-9H,18H2,1H3/t9-/m1/s1. The first-order valence-corrected chi connectivity index (χ1v) is 6.84. The van der Waals surface area contributed by atoms with E-state index in [1.165, 1.54) is 31.2 Å². The van der Waals surface area contributed by atoms with Crippen LogP contribution in [0.1, 0.15) is 27.6 Å². The molecule has 0 aromatic heterocycles. The van der Waals surface area contributed by atoms with E-state index in [2.05, 4.69) is 0 Å². The van der Waals surface area contributed by atoms with Gasteiger partial charge in [-0.3, -0.25) is 14.9 Å². The Hall–Kier alpha value is -3.29. The lowest BCUT2D eigenvalue weighted by Crippen LogP contribution is -2.24. The van der Waals surface area contributed by atoms with E-state index < -0.39 is 34.3 Å². The third kappa shape index (κ3) is 3.72. The highest BCUT2D eigenvalue weighted by Gasteiger charge is 2.22. The SMILES string of the molecule is C[C@@H](OC(=O)c1ccc(N)c([N+](=O)[O-])c1)C(=O)c1ccc(F)cc1. The Bertz CT molecular complexity index is 805. The van der Waals surface area contributed by atoms with Crippen molar-refractivity contribution in [1.82, 2.24) is 0 Å². The molecule has 0 bridgehead atoms. The molecule has 0 aliphatic rings. The third-order valence-corrected chi connectivity index (χ3v) is 3.24. The fourth-order valence-electron chi connectivity index (χ4n) is 1.96. The number of carbonyl (C=O) groups is 2. The predicted molar refractivity (Wildman–Crippen MR) is 83.1 cm³/mol. The normalized spacial score (nSPS) is 11.6. The molecule has 124 valence electrons. The van der Waals surface area contributed by atoms with Gasteiger partial charge in [-0.05, 0) is 43.3 Å². The van der Waals surface area contributed by atoms with Crippen molar-refractivity contribution in [1.29, 1.82) is 0 Å². The van der Waals surface area contributed by atoms with Crippen LogP contribution in [0.2, 0.25) is 0 Å². The second-order valence-corrected chi connectivity index (χ2v) is 4.95. The van der Waals surface area contributed by atoms with Gasteiger partial charge in [0.1, 0.15) is 11.5 Å². The van der Waals surface area contributed by atoms with Gasteiger partial charge in [0, 0.05) is 11.6 Å². The number of rotatable bonds is 5. The number of benzene rings is 2. The number of nitrogens with zero attached hydrogens (tertiary/aromatic N) is 1. The van der Waals surface area contributed by atoms with Crippen molar-refractivity contribution in [3.05, 3.63) is 69.5 Å². The van der Waals surface area contributed by atoms with Crippen molar-refractivity contribution in [2.24, 2.45) is 0 Å². The number of nitrogen functional groups attached to an aromatic ring is 1. The molecule has 0 radical (unpaired) electrons. The largest absolute Gasteiger partial charge is 0.451 e. The topological polar surface area (TPSA) is 113 Å². The van der Waals surface area contributed by atoms with Crippen molar-refractivity contribution in [3.63, 3.8) is 0 Å². The lowest BCUT2D eigenvalue weighted by Gasteiger charge is -2.12. The zero-order valence-corrected chi connectivity index (χ0v) is 12.6. The second-order valence-electron chi connectivity index (χ2n) is 4.95. The Kier molecular flexibility index (Phi) is 4.88. The summed E-state index contributed by atoms with van der Waals surface area (Å²) in [5, 5.41) is 10.8. The van der Waals surface area contributed by atoms with Gasteiger partial charge in [0.25, 0.3) is 5.69 Å². The van der Waals surface area contributed by atoms with Gasteiger partial charge < -0.3 is 10.5 Å². The lowest BCUT2D eigenvalue weighted by molar-refractivity contribution is -0.383. The number of nitro benzene ring substituents is 1. The van der Waals surface area contributed by atoms with Crippen LogP contribution in [-0.4, -0.2) is 22.8 Å². The van der Waals surface area contributed by atoms with Crippen LogP contribution in [0.4, 0.5) is 15.8 Å². The van der Waals surface area contributed by atoms with Crippen LogP contribution in [0.5, 0.6) is 0 Å². The zero-order chi connectivity index (χ0) is 17.9. The van der Waals surface area contributed by atoms with Gasteiger partial charge in [0.15, 0.2) is 6.10 Å². The Morgan fingerprint density at radius 1 is 1.17 bits per heavy atom. The molecule has 0 aliphatic carbocycles. The van der Waals surface area contributed by atoms with Gasteiger partial charge in [-0.2, -0.15) is 0 Å². The molecule has 8 heteroatoms. The first-order valence-electron chi connectivity index (χ1n) is 6.84. The highest BCUT2D eigenvalue weighted by Crippen LogP contribution is 2.23. The number of ketones is 1. The summed E-state index contributed by atoms with van der Waals surface area (Å²) >= 11 is 0. The van der Waals surface area contributed by atoms with E-state index in [0.29, 0.717) is 0 Å². The number of hydrogen-bond donors (Lipinski definition) is 1. The monoisotopic (exact) mass is 332 g/mol. The van der Waals surface area contributed by atoms with E-state index in [9.17, 15) is 24.1 Å². The van der Waals surface area contributed by atoms with Crippen LogP contribution in [0.3, 0.4) is 0 Å². The second kappa shape index (κ2) is 6.86. The van der Waals surface area contributed by atoms with E-state index in [1.807, 2.05) is 0 Å². The summed E-state index contributed by atoms with van der Waals surface area (Å²) in [4.78, 5) is 34.3. The Morgan fingerprint density at radius 2 is 1.75 bits per heavy atom. The van der Waals surface area contributed by atoms with Crippen LogP contribution in [0.25, 0.3) is 0 Å². The van der Waals surface area contributed by atoms with Gasteiger partial charge in [-0.15, -0.1) is 0 Å². The van der Waals surface area contributed by atoms with Gasteiger partial charge in [-0.25, -0.2) is 9.18 Å². The molecule has 0 saturated heterocycles. The van der Waals surface area contributed by atoms with Gasteiger partial charge >= 0.3 is 5.97 Å². The van der Waals surface area contributed by atoms with Crippen LogP contribution in [0, 0.1) is 15.9 Å². The first-order chi connectivity index (χ1) is 11.3. The number of hydrogen-bond acceptors (Lipinski definition) is 6. The maximum Gasteiger partial charge on any atom is 0.339 e. The molecule has 2 aromatic rings. The predicted octanol–water partition coefficient (Wildman–Crippen LogP) is 2.74. The Morgan fingerprint density at radius 3 is 2.33 bits per heavy atom. The van der Waals surface area contributed by atoms with Crippen LogP contribution in [0.15, 0.2) is 42.5 Å². The fraction of sp³-hybridized carbons (Fsp3) is 0.125. The number of halogens is 1. The van der Waals surface area contributed by atoms with Crippen molar-refractivity contribution in [2.75, 3.05) is 5.73 Å². The van der Waals surface area contributed by atoms with Crippen LogP contribution >= 0.6 is 0 Å². The molecule has 0 amide bonds. The summed E-state index contributed by atoms with van der Waals surface area (Å²) in [5.74, 6) is -1.92. The molecular formula is C16H13FN2O5. The molecule has 24 heavy (non-hydrogen) atoms.